The molecule has 1 aromatic heterocycles. The molecule has 7 nitrogen and oxygen atoms in total. The molecule has 1 unspecified atom stereocenters. The van der Waals surface area contributed by atoms with Crippen LogP contribution in [0.2, 0.25) is 0 Å². The van der Waals surface area contributed by atoms with Crippen molar-refractivity contribution in [2.75, 3.05) is 18.5 Å². The first kappa shape index (κ1) is 17.2. The number of benzene rings is 1. The van der Waals surface area contributed by atoms with Gasteiger partial charge >= 0.3 is 6.03 Å². The lowest BCUT2D eigenvalue weighted by Gasteiger charge is -2.24. The molecule has 8 heteroatoms. The second-order valence-corrected chi connectivity index (χ2v) is 6.07. The number of hydrogen-bond acceptors (Lipinski definition) is 4. The minimum absolute atomic E-state index is 0.118. The highest BCUT2D eigenvalue weighted by Gasteiger charge is 2.33. The van der Waals surface area contributed by atoms with Crippen LogP contribution >= 0.6 is 0 Å². The van der Waals surface area contributed by atoms with Gasteiger partial charge in [-0.1, -0.05) is 6.92 Å². The average Bonchev–Trinajstić information content (AvgIpc) is 3.23. The normalized spacial score (nSPS) is 16.9. The van der Waals surface area contributed by atoms with Gasteiger partial charge in [-0.2, -0.15) is 0 Å². The summed E-state index contributed by atoms with van der Waals surface area (Å²) in [5.74, 6) is 0.695. The van der Waals surface area contributed by atoms with E-state index >= 15 is 0 Å². The van der Waals surface area contributed by atoms with Crippen LogP contribution in [0.25, 0.3) is 0 Å². The molecule has 0 aliphatic carbocycles. The third-order valence-electron chi connectivity index (χ3n) is 4.21. The zero-order chi connectivity index (χ0) is 17.8. The molecular weight excluding hydrogens is 325 g/mol. The van der Waals surface area contributed by atoms with E-state index in [9.17, 15) is 9.18 Å². The van der Waals surface area contributed by atoms with Gasteiger partial charge in [0.25, 0.3) is 0 Å². The van der Waals surface area contributed by atoms with E-state index in [1.807, 2.05) is 18.5 Å². The van der Waals surface area contributed by atoms with Crippen molar-refractivity contribution in [3.8, 4) is 5.75 Å². The van der Waals surface area contributed by atoms with Crippen LogP contribution in [-0.2, 0) is 7.05 Å². The van der Waals surface area contributed by atoms with E-state index in [1.165, 1.54) is 18.2 Å². The quantitative estimate of drug-likeness (QED) is 0.902. The van der Waals surface area contributed by atoms with Crippen molar-refractivity contribution in [1.29, 1.82) is 0 Å². The lowest BCUT2D eigenvalue weighted by molar-refractivity contribution is 0.204. The molecule has 0 radical (unpaired) electrons. The van der Waals surface area contributed by atoms with Gasteiger partial charge in [-0.3, -0.25) is 0 Å². The molecule has 3 rings (SSSR count). The van der Waals surface area contributed by atoms with Crippen LogP contribution in [-0.4, -0.2) is 38.8 Å². The number of hydrogen-bond donors (Lipinski definition) is 1. The Morgan fingerprint density at radius 1 is 1.48 bits per heavy atom. The van der Waals surface area contributed by atoms with Crippen molar-refractivity contribution in [3.05, 3.63) is 36.2 Å². The Morgan fingerprint density at radius 3 is 3.04 bits per heavy atom. The molecule has 1 atom stereocenters. The van der Waals surface area contributed by atoms with Crippen LogP contribution in [0.1, 0.15) is 38.1 Å². The summed E-state index contributed by atoms with van der Waals surface area (Å²) >= 11 is 0. The average molecular weight is 347 g/mol. The van der Waals surface area contributed by atoms with Crippen molar-refractivity contribution >= 4 is 11.7 Å². The SMILES string of the molecule is CCCOc1cc(F)ccc1NC(=O)N1CCCC1c1nncn1C. The van der Waals surface area contributed by atoms with Gasteiger partial charge in [-0.15, -0.1) is 10.2 Å². The Balaban J connectivity index is 1.77. The minimum Gasteiger partial charge on any atom is -0.491 e. The maximum absolute atomic E-state index is 13.5. The smallest absolute Gasteiger partial charge is 0.322 e. The molecule has 1 N–H and O–H groups in total. The molecule has 0 saturated carbocycles. The van der Waals surface area contributed by atoms with E-state index in [1.54, 1.807) is 11.2 Å². The number of urea groups is 1. The zero-order valence-corrected chi connectivity index (χ0v) is 14.4. The second-order valence-electron chi connectivity index (χ2n) is 6.07. The molecule has 134 valence electrons. The first-order valence-corrected chi connectivity index (χ1v) is 8.44. The summed E-state index contributed by atoms with van der Waals surface area (Å²) in [6.45, 7) is 3.06. The summed E-state index contributed by atoms with van der Waals surface area (Å²) in [5, 5.41) is 10.9. The van der Waals surface area contributed by atoms with Crippen LogP contribution in [0.3, 0.4) is 0 Å². The van der Waals surface area contributed by atoms with Crippen molar-refractivity contribution in [3.63, 3.8) is 0 Å². The molecule has 2 aromatic rings. The number of anilines is 1. The number of carbonyl (C=O) groups is 1. The highest BCUT2D eigenvalue weighted by Crippen LogP contribution is 2.32. The number of aromatic nitrogens is 3. The van der Waals surface area contributed by atoms with Crippen LogP contribution in [0, 0.1) is 5.82 Å². The lowest BCUT2D eigenvalue weighted by atomic mass is 10.2. The fourth-order valence-corrected chi connectivity index (χ4v) is 2.99. The van der Waals surface area contributed by atoms with Gasteiger partial charge in [0, 0.05) is 19.7 Å². The zero-order valence-electron chi connectivity index (χ0n) is 14.4. The van der Waals surface area contributed by atoms with E-state index in [4.69, 9.17) is 4.74 Å². The summed E-state index contributed by atoms with van der Waals surface area (Å²) in [5.41, 5.74) is 0.462. The number of nitrogens with one attached hydrogen (secondary N) is 1. The molecule has 2 amide bonds. The van der Waals surface area contributed by atoms with Crippen LogP contribution in [0.4, 0.5) is 14.9 Å². The Hall–Kier alpha value is -2.64. The van der Waals surface area contributed by atoms with Crippen LogP contribution < -0.4 is 10.1 Å². The van der Waals surface area contributed by atoms with Gasteiger partial charge in [0.05, 0.1) is 18.3 Å². The van der Waals surface area contributed by atoms with E-state index in [2.05, 4.69) is 15.5 Å². The molecule has 1 saturated heterocycles. The van der Waals surface area contributed by atoms with E-state index in [-0.39, 0.29) is 12.1 Å². The number of halogens is 1. The molecule has 1 aliphatic rings. The van der Waals surface area contributed by atoms with Crippen LogP contribution in [0.15, 0.2) is 24.5 Å². The summed E-state index contributed by atoms with van der Waals surface area (Å²) in [7, 11) is 1.86. The molecule has 25 heavy (non-hydrogen) atoms. The predicted octanol–water partition coefficient (Wildman–Crippen LogP) is 3.11. The first-order valence-electron chi connectivity index (χ1n) is 8.44. The van der Waals surface area contributed by atoms with Crippen molar-refractivity contribution in [2.45, 2.75) is 32.2 Å². The van der Waals surface area contributed by atoms with Gasteiger partial charge in [-0.05, 0) is 31.4 Å². The number of rotatable bonds is 5. The van der Waals surface area contributed by atoms with Crippen LogP contribution in [0.5, 0.6) is 5.75 Å². The largest absolute Gasteiger partial charge is 0.491 e. The number of likely N-dealkylation sites (tertiary alicyclic amines) is 1. The van der Waals surface area contributed by atoms with Gasteiger partial charge in [0.2, 0.25) is 0 Å². The molecule has 2 heterocycles. The van der Waals surface area contributed by atoms with E-state index in [0.717, 1.165) is 25.1 Å². The predicted molar refractivity (Wildman–Crippen MR) is 90.9 cm³/mol. The Morgan fingerprint density at radius 2 is 2.32 bits per heavy atom. The van der Waals surface area contributed by atoms with Gasteiger partial charge < -0.3 is 19.5 Å². The molecule has 0 bridgehead atoms. The van der Waals surface area contributed by atoms with Crippen molar-refractivity contribution in [1.82, 2.24) is 19.7 Å². The number of carbonyl (C=O) groups excluding carboxylic acids is 1. The maximum atomic E-state index is 13.5. The minimum atomic E-state index is -0.401. The fourth-order valence-electron chi connectivity index (χ4n) is 2.99. The van der Waals surface area contributed by atoms with Gasteiger partial charge in [0.1, 0.15) is 17.9 Å². The highest BCUT2D eigenvalue weighted by atomic mass is 19.1. The third kappa shape index (κ3) is 3.72. The summed E-state index contributed by atoms with van der Waals surface area (Å²) < 4.78 is 20.9. The van der Waals surface area contributed by atoms with Gasteiger partial charge in [0.15, 0.2) is 5.82 Å². The summed E-state index contributed by atoms with van der Waals surface area (Å²) in [4.78, 5) is 14.5. The Bertz CT molecular complexity index is 748. The number of nitrogens with zero attached hydrogens (tertiary/aromatic N) is 4. The van der Waals surface area contributed by atoms with Gasteiger partial charge in [-0.25, -0.2) is 9.18 Å². The molecule has 1 aromatic carbocycles. The maximum Gasteiger partial charge on any atom is 0.322 e. The van der Waals surface area contributed by atoms with E-state index < -0.39 is 5.82 Å². The molecule has 0 spiro atoms. The number of ether oxygens (including phenoxy) is 1. The summed E-state index contributed by atoms with van der Waals surface area (Å²) in [6.07, 6.45) is 4.15. The summed E-state index contributed by atoms with van der Waals surface area (Å²) in [6, 6.07) is 3.74. The second kappa shape index (κ2) is 7.50. The monoisotopic (exact) mass is 347 g/mol. The van der Waals surface area contributed by atoms with E-state index in [0.29, 0.717) is 24.6 Å². The Labute approximate surface area is 145 Å². The molecule has 1 aliphatic heterocycles. The lowest BCUT2D eigenvalue weighted by Crippen LogP contribution is -2.35. The van der Waals surface area contributed by atoms with Crippen molar-refractivity contribution in [2.24, 2.45) is 7.05 Å². The van der Waals surface area contributed by atoms with Crippen molar-refractivity contribution < 1.29 is 13.9 Å². The fraction of sp³-hybridized carbons (Fsp3) is 0.471. The Kier molecular flexibility index (Phi) is 5.16. The standard InChI is InChI=1S/C17H22FN5O2/c1-3-9-25-15-10-12(18)6-7-13(15)20-17(24)23-8-4-5-14(23)16-21-19-11-22(16)2/h6-7,10-11,14H,3-5,8-9H2,1-2H3,(H,20,24). The topological polar surface area (TPSA) is 72.3 Å². The molecular formula is C17H22FN5O2. The first-order chi connectivity index (χ1) is 12.1. The third-order valence-corrected chi connectivity index (χ3v) is 4.21. The number of amides is 2. The highest BCUT2D eigenvalue weighted by molar-refractivity contribution is 5.91. The molecule has 1 fully saturated rings. The number of aryl methyl sites for hydroxylation is 1.